The van der Waals surface area contributed by atoms with Gasteiger partial charge in [-0.2, -0.15) is 0 Å². The molecule has 0 atom stereocenters. The lowest BCUT2D eigenvalue weighted by atomic mass is 10.1. The summed E-state index contributed by atoms with van der Waals surface area (Å²) in [7, 11) is 0. The summed E-state index contributed by atoms with van der Waals surface area (Å²) in [5.41, 5.74) is 3.26. The molecule has 4 rings (SSSR count). The molecule has 0 saturated carbocycles. The van der Waals surface area contributed by atoms with Gasteiger partial charge in [0.05, 0.1) is 24.5 Å². The van der Waals surface area contributed by atoms with Gasteiger partial charge in [0.2, 0.25) is 5.91 Å². The normalized spacial score (nSPS) is 14.2. The molecule has 6 heteroatoms. The summed E-state index contributed by atoms with van der Waals surface area (Å²) in [4.78, 5) is 30.3. The molecular formula is C22H23N3O3. The molecule has 1 aliphatic heterocycles. The number of hydrogen-bond acceptors (Lipinski definition) is 3. The zero-order valence-corrected chi connectivity index (χ0v) is 15.6. The van der Waals surface area contributed by atoms with Gasteiger partial charge in [0.15, 0.2) is 0 Å². The van der Waals surface area contributed by atoms with Gasteiger partial charge in [-0.15, -0.1) is 0 Å². The van der Waals surface area contributed by atoms with Gasteiger partial charge >= 0.3 is 0 Å². The molecule has 0 radical (unpaired) electrons. The number of nitrogens with zero attached hydrogens (tertiary/aromatic N) is 1. The molecule has 1 fully saturated rings. The molecule has 1 aromatic heterocycles. The van der Waals surface area contributed by atoms with Crippen molar-refractivity contribution < 1.29 is 14.3 Å². The third kappa shape index (κ3) is 3.92. The first-order valence-corrected chi connectivity index (χ1v) is 9.53. The van der Waals surface area contributed by atoms with Gasteiger partial charge in [0.25, 0.3) is 5.91 Å². The van der Waals surface area contributed by atoms with Crippen molar-refractivity contribution in [1.82, 2.24) is 9.88 Å². The van der Waals surface area contributed by atoms with Crippen LogP contribution in [0.3, 0.4) is 0 Å². The summed E-state index contributed by atoms with van der Waals surface area (Å²) >= 11 is 0. The third-order valence-electron chi connectivity index (χ3n) is 5.03. The second-order valence-corrected chi connectivity index (χ2v) is 6.86. The zero-order valence-electron chi connectivity index (χ0n) is 15.6. The van der Waals surface area contributed by atoms with E-state index in [9.17, 15) is 9.59 Å². The van der Waals surface area contributed by atoms with E-state index in [2.05, 4.69) is 16.4 Å². The molecule has 1 saturated heterocycles. The maximum Gasteiger partial charge on any atom is 0.256 e. The van der Waals surface area contributed by atoms with Gasteiger partial charge in [-0.3, -0.25) is 9.59 Å². The lowest BCUT2D eigenvalue weighted by Gasteiger charge is -2.27. The fraction of sp³-hybridized carbons (Fsp3) is 0.273. The van der Waals surface area contributed by atoms with Gasteiger partial charge in [-0.1, -0.05) is 30.3 Å². The number of carbonyl (C=O) groups is 2. The highest BCUT2D eigenvalue weighted by atomic mass is 16.5. The van der Waals surface area contributed by atoms with E-state index < -0.39 is 0 Å². The van der Waals surface area contributed by atoms with Crippen molar-refractivity contribution in [1.29, 1.82) is 0 Å². The number of rotatable bonds is 5. The van der Waals surface area contributed by atoms with Crippen molar-refractivity contribution in [3.05, 3.63) is 65.9 Å². The van der Waals surface area contributed by atoms with Crippen LogP contribution >= 0.6 is 0 Å². The van der Waals surface area contributed by atoms with Crippen LogP contribution in [0.2, 0.25) is 0 Å². The molecular weight excluding hydrogens is 354 g/mol. The van der Waals surface area contributed by atoms with Gasteiger partial charge in [-0.05, 0) is 30.2 Å². The minimum absolute atomic E-state index is 0.0733. The average molecular weight is 377 g/mol. The second kappa shape index (κ2) is 8.27. The smallest absolute Gasteiger partial charge is 0.256 e. The topological polar surface area (TPSA) is 74.4 Å². The number of H-pyrrole nitrogens is 1. The van der Waals surface area contributed by atoms with E-state index in [-0.39, 0.29) is 11.8 Å². The Balaban J connectivity index is 1.42. The maximum atomic E-state index is 12.8. The molecule has 2 heterocycles. The quantitative estimate of drug-likeness (QED) is 0.717. The van der Waals surface area contributed by atoms with Gasteiger partial charge in [0.1, 0.15) is 0 Å². The van der Waals surface area contributed by atoms with Crippen LogP contribution in [0.5, 0.6) is 0 Å². The first kappa shape index (κ1) is 18.3. The number of benzene rings is 2. The van der Waals surface area contributed by atoms with E-state index in [1.165, 1.54) is 0 Å². The van der Waals surface area contributed by atoms with Crippen molar-refractivity contribution in [3.63, 3.8) is 0 Å². The Bertz CT molecular complexity index is 989. The van der Waals surface area contributed by atoms with Crippen molar-refractivity contribution >= 4 is 28.4 Å². The molecule has 1 aliphatic rings. The van der Waals surface area contributed by atoms with Crippen molar-refractivity contribution in [2.75, 3.05) is 31.6 Å². The molecule has 0 unspecified atom stereocenters. The number of carbonyl (C=O) groups excluding carboxylic acids is 2. The van der Waals surface area contributed by atoms with Gasteiger partial charge < -0.3 is 19.9 Å². The number of fused-ring (bicyclic) bond motifs is 1. The predicted octanol–water partition coefficient (Wildman–Crippen LogP) is 3.21. The molecule has 144 valence electrons. The van der Waals surface area contributed by atoms with E-state index in [0.717, 1.165) is 16.5 Å². The number of ether oxygens (including phenoxy) is 1. The summed E-state index contributed by atoms with van der Waals surface area (Å²) in [5.74, 6) is -0.177. The van der Waals surface area contributed by atoms with E-state index >= 15 is 0 Å². The van der Waals surface area contributed by atoms with Crippen LogP contribution < -0.4 is 5.32 Å². The molecule has 2 aromatic carbocycles. The zero-order chi connectivity index (χ0) is 19.3. The first-order valence-electron chi connectivity index (χ1n) is 9.53. The van der Waals surface area contributed by atoms with Crippen molar-refractivity contribution in [2.24, 2.45) is 0 Å². The number of morpholine rings is 1. The van der Waals surface area contributed by atoms with Crippen molar-refractivity contribution in [2.45, 2.75) is 12.8 Å². The summed E-state index contributed by atoms with van der Waals surface area (Å²) in [5, 5.41) is 4.05. The number of aromatic amines is 1. The fourth-order valence-electron chi connectivity index (χ4n) is 3.51. The highest BCUT2D eigenvalue weighted by Gasteiger charge is 2.21. The van der Waals surface area contributed by atoms with Crippen LogP contribution in [-0.4, -0.2) is 48.0 Å². The highest BCUT2D eigenvalue weighted by molar-refractivity contribution is 6.03. The lowest BCUT2D eigenvalue weighted by molar-refractivity contribution is -0.116. The number of anilines is 1. The molecule has 3 aromatic rings. The summed E-state index contributed by atoms with van der Waals surface area (Å²) in [6.07, 6.45) is 2.94. The van der Waals surface area contributed by atoms with Crippen LogP contribution in [-0.2, 0) is 16.0 Å². The first-order chi connectivity index (χ1) is 13.7. The number of aromatic nitrogens is 1. The van der Waals surface area contributed by atoms with E-state index in [4.69, 9.17) is 4.74 Å². The Morgan fingerprint density at radius 2 is 1.79 bits per heavy atom. The molecule has 0 aliphatic carbocycles. The minimum atomic E-state index is -0.104. The van der Waals surface area contributed by atoms with E-state index in [1.54, 1.807) is 17.0 Å². The summed E-state index contributed by atoms with van der Waals surface area (Å²) in [6, 6.07) is 15.2. The molecule has 2 N–H and O–H groups in total. The van der Waals surface area contributed by atoms with Crippen LogP contribution in [0.1, 0.15) is 22.3 Å². The number of amides is 2. The number of para-hydroxylation sites is 2. The Morgan fingerprint density at radius 3 is 2.64 bits per heavy atom. The molecule has 2 amide bonds. The van der Waals surface area contributed by atoms with Gasteiger partial charge in [-0.25, -0.2) is 0 Å². The van der Waals surface area contributed by atoms with Crippen LogP contribution in [0, 0.1) is 0 Å². The molecule has 0 spiro atoms. The predicted molar refractivity (Wildman–Crippen MR) is 108 cm³/mol. The Kier molecular flexibility index (Phi) is 5.39. The Morgan fingerprint density at radius 1 is 1.04 bits per heavy atom. The van der Waals surface area contributed by atoms with Crippen LogP contribution in [0.4, 0.5) is 5.69 Å². The van der Waals surface area contributed by atoms with Gasteiger partial charge in [0, 0.05) is 36.6 Å². The largest absolute Gasteiger partial charge is 0.378 e. The summed E-state index contributed by atoms with van der Waals surface area (Å²) in [6.45, 7) is 2.24. The minimum Gasteiger partial charge on any atom is -0.378 e. The number of hydrogen-bond donors (Lipinski definition) is 2. The summed E-state index contributed by atoms with van der Waals surface area (Å²) < 4.78 is 5.31. The van der Waals surface area contributed by atoms with E-state index in [0.29, 0.717) is 50.4 Å². The average Bonchev–Trinajstić information content (AvgIpc) is 3.16. The fourth-order valence-corrected chi connectivity index (χ4v) is 3.51. The maximum absolute atomic E-state index is 12.8. The van der Waals surface area contributed by atoms with Crippen molar-refractivity contribution in [3.8, 4) is 0 Å². The second-order valence-electron chi connectivity index (χ2n) is 6.86. The Labute approximate surface area is 163 Å². The lowest BCUT2D eigenvalue weighted by Crippen LogP contribution is -2.41. The Hall–Kier alpha value is -3.12. The highest BCUT2D eigenvalue weighted by Crippen LogP contribution is 2.21. The number of nitrogens with one attached hydrogen (secondary N) is 2. The molecule has 0 bridgehead atoms. The standard InChI is InChI=1S/C22H23N3O3/c26-21(10-9-16-15-23-19-7-3-1-5-17(16)19)24-20-8-4-2-6-18(20)22(27)25-11-13-28-14-12-25/h1-8,15,23H,9-14H2,(H,24,26). The number of aryl methyl sites for hydroxylation is 1. The van der Waals surface area contributed by atoms with Crippen LogP contribution in [0.25, 0.3) is 10.9 Å². The molecule has 28 heavy (non-hydrogen) atoms. The monoisotopic (exact) mass is 377 g/mol. The van der Waals surface area contributed by atoms with E-state index in [1.807, 2.05) is 36.5 Å². The van der Waals surface area contributed by atoms with Crippen LogP contribution in [0.15, 0.2) is 54.7 Å². The third-order valence-corrected chi connectivity index (χ3v) is 5.03. The molecule has 6 nitrogen and oxygen atoms in total. The SMILES string of the molecule is O=C(CCc1c[nH]c2ccccc12)Nc1ccccc1C(=O)N1CCOCC1.